The number of hydrogen-bond donors (Lipinski definition) is 0. The van der Waals surface area contributed by atoms with E-state index in [-0.39, 0.29) is 5.41 Å². The lowest BCUT2D eigenvalue weighted by Gasteiger charge is -2.30. The van der Waals surface area contributed by atoms with E-state index in [9.17, 15) is 0 Å². The maximum Gasteiger partial charge on any atom is 0.0741 e. The van der Waals surface area contributed by atoms with Crippen molar-refractivity contribution in [2.24, 2.45) is 5.41 Å². The van der Waals surface area contributed by atoms with Crippen LogP contribution in [-0.2, 0) is 0 Å². The van der Waals surface area contributed by atoms with E-state index in [0.29, 0.717) is 5.92 Å². The summed E-state index contributed by atoms with van der Waals surface area (Å²) >= 11 is 0. The van der Waals surface area contributed by atoms with Gasteiger partial charge in [0.1, 0.15) is 0 Å². The smallest absolute Gasteiger partial charge is 0.0741 e. The normalized spacial score (nSPS) is 12.8. The van der Waals surface area contributed by atoms with Crippen LogP contribution in [0.4, 0.5) is 0 Å². The van der Waals surface area contributed by atoms with Crippen molar-refractivity contribution in [1.29, 1.82) is 0 Å². The molecule has 1 heteroatoms. The molecular weight excluding hydrogens is 302 g/mol. The number of rotatable bonds is 3. The molecule has 0 N–H and O–H groups in total. The molecule has 0 aliphatic rings. The van der Waals surface area contributed by atoms with Crippen LogP contribution in [0.25, 0.3) is 22.5 Å². The Labute approximate surface area is 151 Å². The number of hydrogen-bond acceptors (Lipinski definition) is 1. The summed E-state index contributed by atoms with van der Waals surface area (Å²) in [5.74, 6) is 0.445. The molecule has 0 aliphatic heterocycles. The van der Waals surface area contributed by atoms with E-state index in [1.54, 1.807) is 0 Å². The molecule has 128 valence electrons. The van der Waals surface area contributed by atoms with Gasteiger partial charge in [-0.2, -0.15) is 0 Å². The Balaban J connectivity index is 2.25. The zero-order valence-electron chi connectivity index (χ0n) is 15.9. The lowest BCUT2D eigenvalue weighted by atomic mass is 9.76. The predicted octanol–water partition coefficient (Wildman–Crippen LogP) is 6.87. The summed E-state index contributed by atoms with van der Waals surface area (Å²) in [6.45, 7) is 11.5. The minimum atomic E-state index is 0.202. The van der Waals surface area contributed by atoms with Gasteiger partial charge in [0.2, 0.25) is 0 Å². The van der Waals surface area contributed by atoms with Crippen LogP contribution in [0.2, 0.25) is 0 Å². The highest BCUT2D eigenvalue weighted by Crippen LogP contribution is 2.39. The third-order valence-electron chi connectivity index (χ3n) is 5.20. The van der Waals surface area contributed by atoms with Crippen molar-refractivity contribution in [3.63, 3.8) is 0 Å². The van der Waals surface area contributed by atoms with E-state index in [1.165, 1.54) is 22.3 Å². The van der Waals surface area contributed by atoms with E-state index >= 15 is 0 Å². The molecule has 0 bridgehead atoms. The van der Waals surface area contributed by atoms with Crippen LogP contribution in [0.15, 0.2) is 66.7 Å². The molecule has 0 aliphatic carbocycles. The van der Waals surface area contributed by atoms with Crippen LogP contribution in [0.5, 0.6) is 0 Å². The first-order valence-electron chi connectivity index (χ1n) is 9.00. The fraction of sp³-hybridized carbons (Fsp3) is 0.292. The Morgan fingerprint density at radius 2 is 1.32 bits per heavy atom. The average molecular weight is 329 g/mol. The van der Waals surface area contributed by atoms with Gasteiger partial charge < -0.3 is 0 Å². The minimum Gasteiger partial charge on any atom is -0.247 e. The highest BCUT2D eigenvalue weighted by atomic mass is 14.7. The molecular formula is C24H27N. The second kappa shape index (κ2) is 6.84. The van der Waals surface area contributed by atoms with Gasteiger partial charge in [-0.25, -0.2) is 4.98 Å². The molecule has 1 heterocycles. The molecule has 3 rings (SSSR count). The highest BCUT2D eigenvalue weighted by Gasteiger charge is 2.25. The number of nitrogens with zero attached hydrogens (tertiary/aromatic N) is 1. The van der Waals surface area contributed by atoms with Crippen LogP contribution in [0.1, 0.15) is 44.7 Å². The molecule has 1 aromatic heterocycles. The Morgan fingerprint density at radius 1 is 0.800 bits per heavy atom. The second-order valence-electron chi connectivity index (χ2n) is 7.89. The Bertz CT molecular complexity index is 843. The van der Waals surface area contributed by atoms with Crippen molar-refractivity contribution in [3.05, 3.63) is 77.9 Å². The van der Waals surface area contributed by atoms with Gasteiger partial charge in [-0.3, -0.25) is 0 Å². The first-order valence-corrected chi connectivity index (χ1v) is 9.00. The zero-order valence-corrected chi connectivity index (χ0v) is 15.9. The van der Waals surface area contributed by atoms with E-state index in [0.717, 1.165) is 11.4 Å². The third-order valence-corrected chi connectivity index (χ3v) is 5.20. The summed E-state index contributed by atoms with van der Waals surface area (Å²) < 4.78 is 0. The summed E-state index contributed by atoms with van der Waals surface area (Å²) in [5, 5.41) is 0. The number of benzene rings is 2. The summed E-state index contributed by atoms with van der Waals surface area (Å²) in [6.07, 6.45) is 0. The molecule has 0 spiro atoms. The molecule has 1 nitrogen and oxygen atoms in total. The summed E-state index contributed by atoms with van der Waals surface area (Å²) in [6, 6.07) is 23.3. The van der Waals surface area contributed by atoms with Crippen molar-refractivity contribution in [1.82, 2.24) is 4.98 Å². The standard InChI is InChI=1S/C24H27N/c1-17-21(18(2)24(3,4)5)16-22(19-12-8-6-9-13-19)25-23(17)20-14-10-7-11-15-20/h6-16,18H,1-5H3. The minimum absolute atomic E-state index is 0.202. The van der Waals surface area contributed by atoms with Crippen LogP contribution < -0.4 is 0 Å². The van der Waals surface area contributed by atoms with E-state index in [1.807, 2.05) is 0 Å². The zero-order chi connectivity index (χ0) is 18.0. The van der Waals surface area contributed by atoms with Crippen LogP contribution >= 0.6 is 0 Å². The molecule has 0 fully saturated rings. The van der Waals surface area contributed by atoms with Gasteiger partial charge in [-0.1, -0.05) is 88.4 Å². The maximum absolute atomic E-state index is 5.04. The van der Waals surface area contributed by atoms with Gasteiger partial charge in [0.15, 0.2) is 0 Å². The highest BCUT2D eigenvalue weighted by molar-refractivity contribution is 5.70. The first-order chi connectivity index (χ1) is 11.9. The SMILES string of the molecule is Cc1c(C(C)C(C)(C)C)cc(-c2ccccc2)nc1-c1ccccc1. The molecule has 1 atom stereocenters. The number of aromatic nitrogens is 1. The van der Waals surface area contributed by atoms with Gasteiger partial charge >= 0.3 is 0 Å². The predicted molar refractivity (Wildman–Crippen MR) is 108 cm³/mol. The first kappa shape index (κ1) is 17.4. The van der Waals surface area contributed by atoms with Crippen LogP contribution in [-0.4, -0.2) is 4.98 Å². The molecule has 0 radical (unpaired) electrons. The van der Waals surface area contributed by atoms with E-state index in [2.05, 4.69) is 101 Å². The van der Waals surface area contributed by atoms with Gasteiger partial charge in [0, 0.05) is 11.1 Å². The van der Waals surface area contributed by atoms with Crippen molar-refractivity contribution in [2.75, 3.05) is 0 Å². The van der Waals surface area contributed by atoms with Crippen LogP contribution in [0.3, 0.4) is 0 Å². The van der Waals surface area contributed by atoms with Gasteiger partial charge in [0.25, 0.3) is 0 Å². The second-order valence-corrected chi connectivity index (χ2v) is 7.89. The molecule has 3 aromatic rings. The van der Waals surface area contributed by atoms with Crippen molar-refractivity contribution < 1.29 is 0 Å². The largest absolute Gasteiger partial charge is 0.247 e. The van der Waals surface area contributed by atoms with Gasteiger partial charge in [-0.15, -0.1) is 0 Å². The quantitative estimate of drug-likeness (QED) is 0.510. The lowest BCUT2D eigenvalue weighted by molar-refractivity contribution is 0.338. The summed E-state index contributed by atoms with van der Waals surface area (Å²) in [4.78, 5) is 5.04. The number of pyridine rings is 1. The average Bonchev–Trinajstić information content (AvgIpc) is 2.62. The van der Waals surface area contributed by atoms with Crippen molar-refractivity contribution >= 4 is 0 Å². The van der Waals surface area contributed by atoms with Gasteiger partial charge in [0.05, 0.1) is 11.4 Å². The summed E-state index contributed by atoms with van der Waals surface area (Å²) in [7, 11) is 0. The van der Waals surface area contributed by atoms with E-state index < -0.39 is 0 Å². The Morgan fingerprint density at radius 3 is 1.84 bits per heavy atom. The molecule has 1 unspecified atom stereocenters. The molecule has 0 saturated heterocycles. The monoisotopic (exact) mass is 329 g/mol. The Kier molecular flexibility index (Phi) is 4.76. The topological polar surface area (TPSA) is 12.9 Å². The fourth-order valence-corrected chi connectivity index (χ4v) is 3.18. The Hall–Kier alpha value is -2.41. The molecule has 2 aromatic carbocycles. The van der Waals surface area contributed by atoms with E-state index in [4.69, 9.17) is 4.98 Å². The molecule has 0 saturated carbocycles. The summed E-state index contributed by atoms with van der Waals surface area (Å²) in [5.41, 5.74) is 7.37. The lowest BCUT2D eigenvalue weighted by Crippen LogP contribution is -2.17. The maximum atomic E-state index is 5.04. The van der Waals surface area contributed by atoms with Crippen LogP contribution in [0, 0.1) is 12.3 Å². The van der Waals surface area contributed by atoms with Crippen molar-refractivity contribution in [3.8, 4) is 22.5 Å². The molecule has 25 heavy (non-hydrogen) atoms. The third kappa shape index (κ3) is 3.66. The fourth-order valence-electron chi connectivity index (χ4n) is 3.18. The van der Waals surface area contributed by atoms with Crippen molar-refractivity contribution in [2.45, 2.75) is 40.5 Å². The van der Waals surface area contributed by atoms with Gasteiger partial charge in [-0.05, 0) is 35.4 Å². The molecule has 0 amide bonds.